The summed E-state index contributed by atoms with van der Waals surface area (Å²) in [6, 6.07) is 11.2. The average Bonchev–Trinajstić information content (AvgIpc) is 3.51. The largest absolute Gasteiger partial charge is 0.480 e. The number of carbonyl (C=O) groups is 6. The van der Waals surface area contributed by atoms with Crippen molar-refractivity contribution in [1.29, 1.82) is 0 Å². The smallest absolute Gasteiger partial charge is 0.328 e. The van der Waals surface area contributed by atoms with Crippen molar-refractivity contribution in [2.24, 2.45) is 0 Å². The maximum Gasteiger partial charge on any atom is 0.328 e. The van der Waals surface area contributed by atoms with Crippen LogP contribution in [-0.2, 0) is 35.1 Å². The topological polar surface area (TPSA) is 193 Å². The molecule has 5 N–H and O–H groups in total. The number of H-pyrrole nitrogens is 1. The lowest BCUT2D eigenvalue weighted by Gasteiger charge is -2.16. The second-order valence-corrected chi connectivity index (χ2v) is 10.7. The summed E-state index contributed by atoms with van der Waals surface area (Å²) < 4.78 is 9.39. The van der Waals surface area contributed by atoms with Crippen molar-refractivity contribution in [3.05, 3.63) is 87.7 Å². The van der Waals surface area contributed by atoms with Gasteiger partial charge in [0.2, 0.25) is 0 Å². The minimum atomic E-state index is -1.19. The Morgan fingerprint density at radius 3 is 2.28 bits per heavy atom. The molecule has 1 aliphatic heterocycles. The lowest BCUT2D eigenvalue weighted by atomic mass is 10.0. The number of aliphatic carboxylic acids is 1. The normalized spacial score (nSPS) is 14.1. The predicted molar refractivity (Wildman–Crippen MR) is 167 cm³/mol. The van der Waals surface area contributed by atoms with Gasteiger partial charge in [-0.05, 0) is 55.7 Å². The average molecular weight is 631 g/mol. The number of ether oxygens (including phenoxy) is 2. The van der Waals surface area contributed by atoms with E-state index < -0.39 is 47.7 Å². The zero-order chi connectivity index (χ0) is 33.5. The van der Waals surface area contributed by atoms with Gasteiger partial charge in [0.1, 0.15) is 12.1 Å². The van der Waals surface area contributed by atoms with Crippen LogP contribution in [0.5, 0.6) is 0 Å². The van der Waals surface area contributed by atoms with E-state index in [1.165, 1.54) is 26.4 Å². The summed E-state index contributed by atoms with van der Waals surface area (Å²) in [4.78, 5) is 78.3. The summed E-state index contributed by atoms with van der Waals surface area (Å²) in [6.45, 7) is 3.33. The minimum Gasteiger partial charge on any atom is -0.480 e. The molecule has 2 aromatic carbocycles. The number of benzene rings is 2. The molecule has 3 aromatic rings. The molecule has 2 heterocycles. The lowest BCUT2D eigenvalue weighted by molar-refractivity contribution is -0.144. The highest BCUT2D eigenvalue weighted by molar-refractivity contribution is 6.35. The number of carbonyl (C=O) groups excluding carboxylic acids is 5. The second-order valence-electron chi connectivity index (χ2n) is 10.7. The van der Waals surface area contributed by atoms with E-state index in [0.29, 0.717) is 28.2 Å². The molecule has 240 valence electrons. The molecule has 46 heavy (non-hydrogen) atoms. The van der Waals surface area contributed by atoms with Gasteiger partial charge in [0.25, 0.3) is 17.7 Å². The van der Waals surface area contributed by atoms with E-state index >= 15 is 0 Å². The number of rotatable bonds is 12. The molecule has 2 atom stereocenters. The number of amides is 3. The van der Waals surface area contributed by atoms with E-state index in [4.69, 9.17) is 4.74 Å². The highest BCUT2D eigenvalue weighted by Crippen LogP contribution is 2.35. The van der Waals surface area contributed by atoms with E-state index in [-0.39, 0.29) is 36.0 Å². The minimum absolute atomic E-state index is 0.0309. The van der Waals surface area contributed by atoms with Gasteiger partial charge in [0.15, 0.2) is 0 Å². The first kappa shape index (κ1) is 33.2. The quantitative estimate of drug-likeness (QED) is 0.148. The molecule has 1 aliphatic rings. The Morgan fingerprint density at radius 1 is 0.935 bits per heavy atom. The second kappa shape index (κ2) is 14.4. The number of hydrogen-bond acceptors (Lipinski definition) is 8. The zero-order valence-corrected chi connectivity index (χ0v) is 25.7. The van der Waals surface area contributed by atoms with Crippen molar-refractivity contribution >= 4 is 53.0 Å². The molecule has 4 rings (SSSR count). The lowest BCUT2D eigenvalue weighted by Crippen LogP contribution is -2.42. The van der Waals surface area contributed by atoms with E-state index in [0.717, 1.165) is 5.56 Å². The third-order valence-corrected chi connectivity index (χ3v) is 7.60. The molecule has 0 aliphatic carbocycles. The van der Waals surface area contributed by atoms with Crippen molar-refractivity contribution in [2.75, 3.05) is 19.5 Å². The first-order chi connectivity index (χ1) is 21.9. The number of nitrogens with one attached hydrogen (secondary N) is 4. The first-order valence-corrected chi connectivity index (χ1v) is 14.3. The molecule has 0 bridgehead atoms. The maximum atomic E-state index is 13.3. The van der Waals surface area contributed by atoms with Gasteiger partial charge in [-0.2, -0.15) is 0 Å². The van der Waals surface area contributed by atoms with Gasteiger partial charge in [0, 0.05) is 41.0 Å². The highest BCUT2D eigenvalue weighted by atomic mass is 16.5. The molecule has 0 saturated carbocycles. The molecule has 0 radical (unpaired) electrons. The van der Waals surface area contributed by atoms with Crippen LogP contribution in [0.3, 0.4) is 0 Å². The number of aromatic amines is 1. The Balaban J connectivity index is 1.58. The number of carboxylic acid groups (broad SMARTS) is 1. The van der Waals surface area contributed by atoms with Crippen molar-refractivity contribution < 1.29 is 43.3 Å². The van der Waals surface area contributed by atoms with E-state index in [1.54, 1.807) is 50.3 Å². The van der Waals surface area contributed by atoms with E-state index in [1.807, 2.05) is 6.07 Å². The van der Waals surface area contributed by atoms with Crippen molar-refractivity contribution in [3.8, 4) is 0 Å². The van der Waals surface area contributed by atoms with Crippen LogP contribution in [-0.4, -0.2) is 72.0 Å². The Labute approximate surface area is 264 Å². The standard InChI is InChI=1S/C33H34N4O9/c1-17-25(34-18(2)28(17)31(41)36-24(33(44)46-4)12-13-27(38)45-3)16-22-21-15-20(10-11-23(21)35-30(22)40)29(39)37-26(32(42)43)14-19-8-6-5-7-9-19/h5-11,15-16,24,26,34H,12-14H2,1-4H3,(H,35,40)(H,36,41)(H,37,39)(H,42,43)/b22-16-/t24-,26+/m0/s1. The molecular weight excluding hydrogens is 596 g/mol. The van der Waals surface area contributed by atoms with Crippen LogP contribution in [0.15, 0.2) is 48.5 Å². The van der Waals surface area contributed by atoms with Gasteiger partial charge < -0.3 is 35.5 Å². The van der Waals surface area contributed by atoms with Crippen LogP contribution in [0.2, 0.25) is 0 Å². The molecule has 1 aromatic heterocycles. The van der Waals surface area contributed by atoms with E-state index in [9.17, 15) is 33.9 Å². The maximum absolute atomic E-state index is 13.3. The van der Waals surface area contributed by atoms with Crippen LogP contribution in [0.4, 0.5) is 5.69 Å². The number of aryl methyl sites for hydroxylation is 1. The summed E-state index contributed by atoms with van der Waals surface area (Å²) in [7, 11) is 2.39. The van der Waals surface area contributed by atoms with Gasteiger partial charge in [0.05, 0.1) is 25.4 Å². The van der Waals surface area contributed by atoms with Crippen molar-refractivity contribution in [1.82, 2.24) is 15.6 Å². The summed E-state index contributed by atoms with van der Waals surface area (Å²) in [6.07, 6.45) is 1.49. The molecule has 0 unspecified atom stereocenters. The van der Waals surface area contributed by atoms with Gasteiger partial charge >= 0.3 is 17.9 Å². The van der Waals surface area contributed by atoms with E-state index in [2.05, 4.69) is 25.7 Å². The van der Waals surface area contributed by atoms with Crippen LogP contribution in [0, 0.1) is 13.8 Å². The van der Waals surface area contributed by atoms with Crippen LogP contribution < -0.4 is 16.0 Å². The fourth-order valence-electron chi connectivity index (χ4n) is 5.15. The number of carboxylic acids is 1. The molecule has 0 saturated heterocycles. The number of aromatic nitrogens is 1. The summed E-state index contributed by atoms with van der Waals surface area (Å²) in [5.74, 6) is -4.10. The third kappa shape index (κ3) is 7.49. The third-order valence-electron chi connectivity index (χ3n) is 7.60. The summed E-state index contributed by atoms with van der Waals surface area (Å²) >= 11 is 0. The van der Waals surface area contributed by atoms with Gasteiger partial charge in [-0.15, -0.1) is 0 Å². The van der Waals surface area contributed by atoms with Crippen LogP contribution in [0.1, 0.15) is 61.6 Å². The fraction of sp³-hybridized carbons (Fsp3) is 0.273. The SMILES string of the molecule is COC(=O)CC[C@H](NC(=O)c1c(C)[nH]c(/C=C2\C(=O)Nc3ccc(C(=O)N[C@H](Cc4ccccc4)C(=O)O)cc32)c1C)C(=O)OC. The fourth-order valence-corrected chi connectivity index (χ4v) is 5.15. The molecule has 3 amide bonds. The monoisotopic (exact) mass is 630 g/mol. The molecule has 0 fully saturated rings. The van der Waals surface area contributed by atoms with Crippen LogP contribution >= 0.6 is 0 Å². The highest BCUT2D eigenvalue weighted by Gasteiger charge is 2.29. The number of fused-ring (bicyclic) bond motifs is 1. The van der Waals surface area contributed by atoms with Crippen molar-refractivity contribution in [3.63, 3.8) is 0 Å². The molecular formula is C33H34N4O9. The predicted octanol–water partition coefficient (Wildman–Crippen LogP) is 2.77. The molecule has 13 heteroatoms. The number of esters is 2. The van der Waals surface area contributed by atoms with Gasteiger partial charge in [-0.3, -0.25) is 19.2 Å². The number of anilines is 1. The molecule has 0 spiro atoms. The molecule has 13 nitrogen and oxygen atoms in total. The Kier molecular flexibility index (Phi) is 10.4. The Hall–Kier alpha value is -5.72. The summed E-state index contributed by atoms with van der Waals surface area (Å²) in [5.41, 5.74) is 3.61. The first-order valence-electron chi connectivity index (χ1n) is 14.3. The Morgan fingerprint density at radius 2 is 1.63 bits per heavy atom. The summed E-state index contributed by atoms with van der Waals surface area (Å²) in [5, 5.41) is 17.6. The van der Waals surface area contributed by atoms with Crippen LogP contribution in [0.25, 0.3) is 11.6 Å². The Bertz CT molecular complexity index is 1730. The van der Waals surface area contributed by atoms with Crippen molar-refractivity contribution in [2.45, 2.75) is 45.2 Å². The van der Waals surface area contributed by atoms with Gasteiger partial charge in [-0.1, -0.05) is 30.3 Å². The zero-order valence-electron chi connectivity index (χ0n) is 25.7. The van der Waals surface area contributed by atoms with Gasteiger partial charge in [-0.25, -0.2) is 9.59 Å². The number of hydrogen-bond donors (Lipinski definition) is 5. The number of methoxy groups -OCH3 is 2.